The second-order valence-corrected chi connectivity index (χ2v) is 7.49. The molecule has 0 amide bonds. The monoisotopic (exact) mass is 411 g/mol. The molecule has 1 saturated heterocycles. The molecule has 1 aromatic heterocycles. The summed E-state index contributed by atoms with van der Waals surface area (Å²) in [5, 5.41) is 18.6. The number of piperidine rings is 1. The highest BCUT2D eigenvalue weighted by molar-refractivity contribution is 5.59. The van der Waals surface area contributed by atoms with Crippen LogP contribution < -0.4 is 5.32 Å². The minimum Gasteiger partial charge on any atom is -0.364 e. The number of alkyl halides is 3. The molecular weight excluding hydrogens is 387 g/mol. The molecule has 1 aliphatic heterocycles. The first-order chi connectivity index (χ1) is 13.6. The standard InChI is InChI=1S/C19H24F3N5O2/c1-12-16(27(28)29)18(26(3)24-12)23-11-14-5-4-10-25(2)17(14)13-6-8-15(9-7-13)19(20,21)22/h6-9,14,17,23H,4-5,10-11H2,1-3H3. The van der Waals surface area contributed by atoms with Crippen LogP contribution in [0.2, 0.25) is 0 Å². The van der Waals surface area contributed by atoms with Gasteiger partial charge >= 0.3 is 11.9 Å². The molecule has 0 bridgehead atoms. The minimum atomic E-state index is -4.37. The normalized spacial score (nSPS) is 20.6. The van der Waals surface area contributed by atoms with Crippen LogP contribution in [0.4, 0.5) is 24.7 Å². The van der Waals surface area contributed by atoms with Crippen LogP contribution in [0, 0.1) is 23.0 Å². The summed E-state index contributed by atoms with van der Waals surface area (Å²) in [6, 6.07) is 5.19. The van der Waals surface area contributed by atoms with E-state index in [1.807, 2.05) is 7.05 Å². The van der Waals surface area contributed by atoms with Gasteiger partial charge in [-0.3, -0.25) is 15.0 Å². The van der Waals surface area contributed by atoms with E-state index >= 15 is 0 Å². The van der Waals surface area contributed by atoms with Gasteiger partial charge in [0.05, 0.1) is 10.5 Å². The summed E-state index contributed by atoms with van der Waals surface area (Å²) in [5.41, 5.74) is 0.417. The van der Waals surface area contributed by atoms with Crippen LogP contribution in [0.25, 0.3) is 0 Å². The fraction of sp³-hybridized carbons (Fsp3) is 0.526. The third-order valence-electron chi connectivity index (χ3n) is 5.49. The SMILES string of the molecule is Cc1nn(C)c(NCC2CCCN(C)C2c2ccc(C(F)(F)F)cc2)c1[N+](=O)[O-]. The Kier molecular flexibility index (Phi) is 5.83. The van der Waals surface area contributed by atoms with Crippen LogP contribution in [-0.2, 0) is 13.2 Å². The number of anilines is 1. The molecule has 2 atom stereocenters. The summed E-state index contributed by atoms with van der Waals surface area (Å²) < 4.78 is 40.1. The number of halogens is 3. The summed E-state index contributed by atoms with van der Waals surface area (Å²) in [4.78, 5) is 13.0. The van der Waals surface area contributed by atoms with Crippen LogP contribution in [0.3, 0.4) is 0 Å². The summed E-state index contributed by atoms with van der Waals surface area (Å²) >= 11 is 0. The molecule has 1 aromatic carbocycles. The van der Waals surface area contributed by atoms with Gasteiger partial charge in [-0.2, -0.15) is 18.3 Å². The molecule has 0 saturated carbocycles. The number of nitro groups is 1. The molecule has 7 nitrogen and oxygen atoms in total. The van der Waals surface area contributed by atoms with Crippen molar-refractivity contribution in [3.63, 3.8) is 0 Å². The van der Waals surface area contributed by atoms with Crippen molar-refractivity contribution in [2.45, 2.75) is 32.0 Å². The van der Waals surface area contributed by atoms with Crippen LogP contribution >= 0.6 is 0 Å². The lowest BCUT2D eigenvalue weighted by atomic mass is 9.84. The predicted molar refractivity (Wildman–Crippen MR) is 103 cm³/mol. The van der Waals surface area contributed by atoms with Gasteiger partial charge in [0.25, 0.3) is 0 Å². The Balaban J connectivity index is 1.82. The number of hydrogen-bond donors (Lipinski definition) is 1. The van der Waals surface area contributed by atoms with E-state index in [1.165, 1.54) is 16.8 Å². The smallest absolute Gasteiger partial charge is 0.364 e. The fourth-order valence-electron chi connectivity index (χ4n) is 4.16. The fourth-order valence-corrected chi connectivity index (χ4v) is 4.16. The van der Waals surface area contributed by atoms with E-state index in [2.05, 4.69) is 15.3 Å². The van der Waals surface area contributed by atoms with Gasteiger partial charge < -0.3 is 5.32 Å². The largest absolute Gasteiger partial charge is 0.416 e. The number of aromatic nitrogens is 2. The van der Waals surface area contributed by atoms with Gasteiger partial charge in [-0.25, -0.2) is 4.68 Å². The highest BCUT2D eigenvalue weighted by Crippen LogP contribution is 2.37. The van der Waals surface area contributed by atoms with E-state index in [-0.39, 0.29) is 17.6 Å². The van der Waals surface area contributed by atoms with Gasteiger partial charge in [0.1, 0.15) is 5.69 Å². The Morgan fingerprint density at radius 1 is 1.28 bits per heavy atom. The topological polar surface area (TPSA) is 76.2 Å². The number of hydrogen-bond acceptors (Lipinski definition) is 5. The van der Waals surface area contributed by atoms with E-state index < -0.39 is 16.7 Å². The van der Waals surface area contributed by atoms with E-state index in [4.69, 9.17) is 0 Å². The molecule has 0 spiro atoms. The maximum atomic E-state index is 12.9. The molecule has 10 heteroatoms. The van der Waals surface area contributed by atoms with Crippen molar-refractivity contribution in [3.8, 4) is 0 Å². The molecule has 2 unspecified atom stereocenters. The second-order valence-electron chi connectivity index (χ2n) is 7.49. The zero-order chi connectivity index (χ0) is 21.3. The van der Waals surface area contributed by atoms with Gasteiger partial charge in [0, 0.05) is 19.6 Å². The molecular formula is C19H24F3N5O2. The highest BCUT2D eigenvalue weighted by Gasteiger charge is 2.34. The van der Waals surface area contributed by atoms with Crippen LogP contribution in [0.5, 0.6) is 0 Å². The summed E-state index contributed by atoms with van der Waals surface area (Å²) in [5.74, 6) is 0.423. The molecule has 1 fully saturated rings. The Morgan fingerprint density at radius 3 is 2.52 bits per heavy atom. The Labute approximate surface area is 166 Å². The maximum Gasteiger partial charge on any atom is 0.416 e. The van der Waals surface area contributed by atoms with Crippen molar-refractivity contribution in [1.29, 1.82) is 0 Å². The van der Waals surface area contributed by atoms with Crippen molar-refractivity contribution in [2.75, 3.05) is 25.5 Å². The molecule has 1 aliphatic rings. The van der Waals surface area contributed by atoms with Gasteiger partial charge in [0.2, 0.25) is 5.82 Å². The molecule has 2 aromatic rings. The number of likely N-dealkylation sites (tertiary alicyclic amines) is 1. The Hall–Kier alpha value is -2.62. The van der Waals surface area contributed by atoms with Gasteiger partial charge in [-0.05, 0) is 57.0 Å². The Bertz CT molecular complexity index is 879. The zero-order valence-electron chi connectivity index (χ0n) is 16.5. The number of benzene rings is 1. The van der Waals surface area contributed by atoms with Crippen molar-refractivity contribution in [2.24, 2.45) is 13.0 Å². The average Bonchev–Trinajstić information content (AvgIpc) is 2.92. The average molecular weight is 411 g/mol. The molecule has 158 valence electrons. The first kappa shape index (κ1) is 21.1. The summed E-state index contributed by atoms with van der Waals surface area (Å²) in [7, 11) is 3.59. The zero-order valence-corrected chi connectivity index (χ0v) is 16.5. The number of aryl methyl sites for hydroxylation is 2. The summed E-state index contributed by atoms with van der Waals surface area (Å²) in [6.45, 7) is 2.88. The molecule has 1 N–H and O–H groups in total. The first-order valence-electron chi connectivity index (χ1n) is 9.39. The number of nitrogens with zero attached hydrogens (tertiary/aromatic N) is 4. The Morgan fingerprint density at radius 2 is 1.93 bits per heavy atom. The van der Waals surface area contributed by atoms with E-state index in [1.54, 1.807) is 14.0 Å². The number of rotatable bonds is 5. The maximum absolute atomic E-state index is 12.9. The van der Waals surface area contributed by atoms with Crippen LogP contribution in [0.1, 0.15) is 35.7 Å². The molecule has 0 aliphatic carbocycles. The van der Waals surface area contributed by atoms with E-state index in [9.17, 15) is 23.3 Å². The van der Waals surface area contributed by atoms with E-state index in [0.717, 1.165) is 37.1 Å². The third-order valence-corrected chi connectivity index (χ3v) is 5.49. The summed E-state index contributed by atoms with van der Waals surface area (Å²) in [6.07, 6.45) is -2.55. The van der Waals surface area contributed by atoms with Crippen LogP contribution in [-0.4, -0.2) is 39.7 Å². The van der Waals surface area contributed by atoms with Gasteiger partial charge in [-0.1, -0.05) is 12.1 Å². The van der Waals surface area contributed by atoms with Gasteiger partial charge in [0.15, 0.2) is 0 Å². The van der Waals surface area contributed by atoms with Crippen molar-refractivity contribution in [3.05, 3.63) is 51.2 Å². The lowest BCUT2D eigenvalue weighted by molar-refractivity contribution is -0.384. The van der Waals surface area contributed by atoms with Crippen molar-refractivity contribution >= 4 is 11.5 Å². The molecule has 0 radical (unpaired) electrons. The molecule has 3 rings (SSSR count). The minimum absolute atomic E-state index is 0.0530. The first-order valence-corrected chi connectivity index (χ1v) is 9.39. The van der Waals surface area contributed by atoms with Crippen molar-refractivity contribution < 1.29 is 18.1 Å². The van der Waals surface area contributed by atoms with Crippen LogP contribution in [0.15, 0.2) is 24.3 Å². The lowest BCUT2D eigenvalue weighted by Crippen LogP contribution is -2.39. The van der Waals surface area contributed by atoms with Crippen molar-refractivity contribution in [1.82, 2.24) is 14.7 Å². The van der Waals surface area contributed by atoms with E-state index in [0.29, 0.717) is 18.1 Å². The predicted octanol–water partition coefficient (Wildman–Crippen LogP) is 4.15. The molecule has 29 heavy (non-hydrogen) atoms. The second kappa shape index (κ2) is 8.02. The van der Waals surface area contributed by atoms with Gasteiger partial charge in [-0.15, -0.1) is 0 Å². The molecule has 2 heterocycles. The highest BCUT2D eigenvalue weighted by atomic mass is 19.4. The third kappa shape index (κ3) is 4.36. The number of nitrogens with one attached hydrogen (secondary N) is 1. The lowest BCUT2D eigenvalue weighted by Gasteiger charge is -2.39. The quantitative estimate of drug-likeness (QED) is 0.591.